The highest BCUT2D eigenvalue weighted by Crippen LogP contribution is 2.56. The Kier molecular flexibility index (Phi) is 3.36. The zero-order valence-electron chi connectivity index (χ0n) is 12.1. The average molecular weight is 266 g/mol. The third-order valence-corrected chi connectivity index (χ3v) is 6.29. The molecule has 3 aliphatic rings. The monoisotopic (exact) mass is 266 g/mol. The van der Waals surface area contributed by atoms with Gasteiger partial charge < -0.3 is 9.84 Å². The first kappa shape index (κ1) is 13.4. The van der Waals surface area contributed by atoms with E-state index in [0.29, 0.717) is 12.0 Å². The lowest BCUT2D eigenvalue weighted by Gasteiger charge is -2.46. The molecule has 1 saturated heterocycles. The number of aliphatic carboxylic acids is 1. The average Bonchev–Trinajstić information content (AvgIpc) is 3.15. The lowest BCUT2D eigenvalue weighted by molar-refractivity contribution is -0.150. The zero-order chi connectivity index (χ0) is 13.6. The van der Waals surface area contributed by atoms with Gasteiger partial charge in [0.1, 0.15) is 0 Å². The molecule has 19 heavy (non-hydrogen) atoms. The maximum atomic E-state index is 11.7. The van der Waals surface area contributed by atoms with Crippen molar-refractivity contribution in [3.05, 3.63) is 0 Å². The molecule has 0 aromatic carbocycles. The van der Waals surface area contributed by atoms with Gasteiger partial charge in [-0.3, -0.25) is 4.79 Å². The zero-order valence-corrected chi connectivity index (χ0v) is 12.1. The first-order valence-corrected chi connectivity index (χ1v) is 7.90. The normalized spacial score (nSPS) is 44.4. The Hall–Kier alpha value is -0.570. The van der Waals surface area contributed by atoms with Crippen molar-refractivity contribution >= 4 is 5.97 Å². The fourth-order valence-electron chi connectivity index (χ4n) is 4.70. The number of fused-ring (bicyclic) bond motifs is 1. The fraction of sp³-hybridized carbons (Fsp3) is 0.938. The third-order valence-electron chi connectivity index (χ3n) is 6.29. The Balaban J connectivity index is 1.79. The van der Waals surface area contributed by atoms with Crippen molar-refractivity contribution in [2.45, 2.75) is 71.0 Å². The van der Waals surface area contributed by atoms with Gasteiger partial charge in [0, 0.05) is 0 Å². The van der Waals surface area contributed by atoms with Crippen LogP contribution >= 0.6 is 0 Å². The first-order chi connectivity index (χ1) is 9.02. The molecule has 108 valence electrons. The van der Waals surface area contributed by atoms with E-state index in [0.717, 1.165) is 18.8 Å². The highest BCUT2D eigenvalue weighted by Gasteiger charge is 2.58. The topological polar surface area (TPSA) is 49.8 Å². The van der Waals surface area contributed by atoms with Crippen LogP contribution in [-0.2, 0) is 9.53 Å². The number of carboxylic acids is 1. The van der Waals surface area contributed by atoms with Crippen molar-refractivity contribution in [2.75, 3.05) is 0 Å². The van der Waals surface area contributed by atoms with E-state index in [1.807, 2.05) is 0 Å². The number of rotatable bonds is 3. The van der Waals surface area contributed by atoms with E-state index >= 15 is 0 Å². The molecule has 1 aliphatic heterocycles. The summed E-state index contributed by atoms with van der Waals surface area (Å²) in [6, 6.07) is 0. The second-order valence-corrected chi connectivity index (χ2v) is 7.24. The molecule has 0 amide bonds. The van der Waals surface area contributed by atoms with Crippen LogP contribution in [0.4, 0.5) is 0 Å². The summed E-state index contributed by atoms with van der Waals surface area (Å²) in [5.74, 6) is 0.391. The van der Waals surface area contributed by atoms with Crippen molar-refractivity contribution in [3.8, 4) is 0 Å². The maximum Gasteiger partial charge on any atom is 0.307 e. The minimum atomic E-state index is -0.612. The van der Waals surface area contributed by atoms with Gasteiger partial charge in [-0.25, -0.2) is 0 Å². The molecule has 0 radical (unpaired) electrons. The fourth-order valence-corrected chi connectivity index (χ4v) is 4.70. The van der Waals surface area contributed by atoms with E-state index in [4.69, 9.17) is 4.74 Å². The van der Waals surface area contributed by atoms with E-state index in [9.17, 15) is 9.90 Å². The molecular weight excluding hydrogens is 240 g/mol. The molecule has 2 aliphatic carbocycles. The summed E-state index contributed by atoms with van der Waals surface area (Å²) in [6.45, 7) is 4.51. The predicted molar refractivity (Wildman–Crippen MR) is 72.9 cm³/mol. The van der Waals surface area contributed by atoms with Crippen molar-refractivity contribution in [1.82, 2.24) is 0 Å². The number of hydrogen-bond acceptors (Lipinski definition) is 2. The van der Waals surface area contributed by atoms with E-state index in [1.54, 1.807) is 0 Å². The quantitative estimate of drug-likeness (QED) is 0.796. The van der Waals surface area contributed by atoms with Crippen LogP contribution in [0.1, 0.15) is 58.8 Å². The van der Waals surface area contributed by atoms with E-state index in [-0.39, 0.29) is 17.4 Å². The summed E-state index contributed by atoms with van der Waals surface area (Å²) in [5, 5.41) is 9.60. The summed E-state index contributed by atoms with van der Waals surface area (Å²) >= 11 is 0. The maximum absolute atomic E-state index is 11.7. The Morgan fingerprint density at radius 2 is 1.95 bits per heavy atom. The van der Waals surface area contributed by atoms with Crippen LogP contribution in [0, 0.1) is 23.2 Å². The molecule has 0 spiro atoms. The summed E-state index contributed by atoms with van der Waals surface area (Å²) in [7, 11) is 0. The van der Waals surface area contributed by atoms with Gasteiger partial charge in [-0.2, -0.15) is 0 Å². The molecule has 3 rings (SSSR count). The van der Waals surface area contributed by atoms with Gasteiger partial charge in [0.2, 0.25) is 0 Å². The Bertz CT molecular complexity index is 361. The standard InChI is InChI=1S/C16H26O3/c1-10(11-6-4-3-5-7-11)16(2)9-14-13(19-14)8-12(16)15(17)18/h10-14H,3-9H2,1-2H3,(H,17,18). The van der Waals surface area contributed by atoms with Crippen LogP contribution in [0.2, 0.25) is 0 Å². The van der Waals surface area contributed by atoms with E-state index in [2.05, 4.69) is 13.8 Å². The van der Waals surface area contributed by atoms with Crippen LogP contribution in [0.3, 0.4) is 0 Å². The second-order valence-electron chi connectivity index (χ2n) is 7.24. The van der Waals surface area contributed by atoms with Crippen molar-refractivity contribution in [2.24, 2.45) is 23.2 Å². The molecule has 3 nitrogen and oxygen atoms in total. The molecule has 2 saturated carbocycles. The largest absolute Gasteiger partial charge is 0.481 e. The van der Waals surface area contributed by atoms with Crippen LogP contribution < -0.4 is 0 Å². The lowest BCUT2D eigenvalue weighted by Crippen LogP contribution is -2.46. The van der Waals surface area contributed by atoms with Gasteiger partial charge in [0.15, 0.2) is 0 Å². The Morgan fingerprint density at radius 3 is 2.58 bits per heavy atom. The molecular formula is C16H26O3. The Morgan fingerprint density at radius 1 is 1.26 bits per heavy atom. The molecule has 0 bridgehead atoms. The summed E-state index contributed by atoms with van der Waals surface area (Å²) in [6.07, 6.45) is 8.86. The van der Waals surface area contributed by atoms with Gasteiger partial charge in [-0.05, 0) is 30.1 Å². The molecule has 5 atom stereocenters. The first-order valence-electron chi connectivity index (χ1n) is 7.90. The molecule has 5 unspecified atom stereocenters. The summed E-state index contributed by atoms with van der Waals surface area (Å²) in [5.41, 5.74) is -0.0779. The Labute approximate surface area is 115 Å². The van der Waals surface area contributed by atoms with Crippen LogP contribution in [-0.4, -0.2) is 23.3 Å². The number of epoxide rings is 1. The smallest absolute Gasteiger partial charge is 0.307 e. The number of hydrogen-bond donors (Lipinski definition) is 1. The predicted octanol–water partition coefficient (Wildman–Crippen LogP) is 3.47. The SMILES string of the molecule is CC(C1CCCCC1)C1(C)CC2OC2CC1C(=O)O. The van der Waals surface area contributed by atoms with Gasteiger partial charge in [0.25, 0.3) is 0 Å². The molecule has 3 fully saturated rings. The minimum absolute atomic E-state index is 0.0779. The highest BCUT2D eigenvalue weighted by atomic mass is 16.6. The molecule has 0 aromatic heterocycles. The minimum Gasteiger partial charge on any atom is -0.481 e. The van der Waals surface area contributed by atoms with Gasteiger partial charge in [0.05, 0.1) is 18.1 Å². The summed E-state index contributed by atoms with van der Waals surface area (Å²) in [4.78, 5) is 11.7. The second kappa shape index (κ2) is 4.76. The van der Waals surface area contributed by atoms with Crippen molar-refractivity contribution < 1.29 is 14.6 Å². The molecule has 3 heteroatoms. The number of ether oxygens (including phenoxy) is 1. The number of carbonyl (C=O) groups is 1. The van der Waals surface area contributed by atoms with E-state index < -0.39 is 5.97 Å². The van der Waals surface area contributed by atoms with Crippen LogP contribution in [0.5, 0.6) is 0 Å². The van der Waals surface area contributed by atoms with Gasteiger partial charge >= 0.3 is 5.97 Å². The summed E-state index contributed by atoms with van der Waals surface area (Å²) < 4.78 is 5.63. The van der Waals surface area contributed by atoms with Crippen LogP contribution in [0.15, 0.2) is 0 Å². The molecule has 0 aromatic rings. The van der Waals surface area contributed by atoms with Crippen molar-refractivity contribution in [3.63, 3.8) is 0 Å². The third kappa shape index (κ3) is 2.31. The van der Waals surface area contributed by atoms with Gasteiger partial charge in [-0.1, -0.05) is 46.0 Å². The van der Waals surface area contributed by atoms with Crippen molar-refractivity contribution in [1.29, 1.82) is 0 Å². The lowest BCUT2D eigenvalue weighted by atomic mass is 9.57. The number of carboxylic acid groups (broad SMARTS) is 1. The van der Waals surface area contributed by atoms with E-state index in [1.165, 1.54) is 32.1 Å². The highest BCUT2D eigenvalue weighted by molar-refractivity contribution is 5.71. The van der Waals surface area contributed by atoms with Gasteiger partial charge in [-0.15, -0.1) is 0 Å². The molecule has 1 N–H and O–H groups in total. The van der Waals surface area contributed by atoms with Crippen LogP contribution in [0.25, 0.3) is 0 Å². The molecule has 1 heterocycles.